The van der Waals surface area contributed by atoms with E-state index in [1.165, 1.54) is 27.8 Å². The fourth-order valence-corrected chi connectivity index (χ4v) is 2.67. The van der Waals surface area contributed by atoms with Gasteiger partial charge in [0.15, 0.2) is 0 Å². The molecule has 0 atom stereocenters. The lowest BCUT2D eigenvalue weighted by molar-refractivity contribution is 1.24. The molecule has 0 saturated heterocycles. The van der Waals surface area contributed by atoms with E-state index in [1.54, 1.807) is 0 Å². The Morgan fingerprint density at radius 1 is 0.773 bits per heavy atom. The minimum atomic E-state index is 1.05. The zero-order valence-electron chi connectivity index (χ0n) is 14.6. The summed E-state index contributed by atoms with van der Waals surface area (Å²) in [5.74, 6) is 0. The molecule has 0 radical (unpaired) electrons. The Morgan fingerprint density at radius 3 is 2.00 bits per heavy atom. The van der Waals surface area contributed by atoms with E-state index in [1.807, 2.05) is 27.7 Å². The second kappa shape index (κ2) is 9.78. The minimum absolute atomic E-state index is 1.05. The molecule has 0 aromatic heterocycles. The first-order valence-electron chi connectivity index (χ1n) is 8.39. The second-order valence-electron chi connectivity index (χ2n) is 4.60. The van der Waals surface area contributed by atoms with Crippen LogP contribution in [0, 0.1) is 0 Å². The van der Waals surface area contributed by atoms with Crippen LogP contribution in [0.25, 0.3) is 5.57 Å². The van der Waals surface area contributed by atoms with E-state index in [2.05, 4.69) is 73.7 Å². The van der Waals surface area contributed by atoms with Gasteiger partial charge >= 0.3 is 0 Å². The number of allylic oxidation sites excluding steroid dienone is 3. The van der Waals surface area contributed by atoms with Crippen LogP contribution < -0.4 is 0 Å². The van der Waals surface area contributed by atoms with E-state index in [0.29, 0.717) is 0 Å². The number of benzene rings is 2. The maximum atomic E-state index is 2.24. The van der Waals surface area contributed by atoms with Crippen LogP contribution in [0.3, 0.4) is 0 Å². The maximum Gasteiger partial charge on any atom is -0.00133 e. The first kappa shape index (κ1) is 18.0. The molecular weight excluding hydrogens is 264 g/mol. The van der Waals surface area contributed by atoms with Crippen molar-refractivity contribution in [3.8, 4) is 0 Å². The molecule has 0 nitrogen and oxygen atoms in total. The average Bonchev–Trinajstić information content (AvgIpc) is 2.97. The summed E-state index contributed by atoms with van der Waals surface area (Å²) < 4.78 is 0. The highest BCUT2D eigenvalue weighted by Crippen LogP contribution is 2.37. The highest BCUT2D eigenvalue weighted by Gasteiger charge is 2.20. The summed E-state index contributed by atoms with van der Waals surface area (Å²) in [4.78, 5) is 0. The van der Waals surface area contributed by atoms with Gasteiger partial charge in [0.25, 0.3) is 0 Å². The third-order valence-electron chi connectivity index (χ3n) is 3.42. The Hall–Kier alpha value is -2.08. The van der Waals surface area contributed by atoms with Crippen LogP contribution in [-0.4, -0.2) is 0 Å². The fourth-order valence-electron chi connectivity index (χ4n) is 2.67. The molecule has 1 aliphatic rings. The summed E-state index contributed by atoms with van der Waals surface area (Å²) in [6.07, 6.45) is 5.41. The van der Waals surface area contributed by atoms with Gasteiger partial charge in [-0.1, -0.05) is 94.4 Å². The van der Waals surface area contributed by atoms with Gasteiger partial charge in [-0.15, -0.1) is 0 Å². The van der Waals surface area contributed by atoms with Crippen LogP contribution >= 0.6 is 0 Å². The predicted molar refractivity (Wildman–Crippen MR) is 100 cm³/mol. The van der Waals surface area contributed by atoms with Crippen LogP contribution in [-0.2, 0) is 6.42 Å². The topological polar surface area (TPSA) is 0 Å². The quantitative estimate of drug-likeness (QED) is 0.579. The third kappa shape index (κ3) is 3.98. The van der Waals surface area contributed by atoms with Crippen molar-refractivity contribution in [2.45, 2.75) is 41.0 Å². The molecule has 0 heterocycles. The standard InChI is InChI=1S/C18H16.2C2H6/c1-2-8-16-13-15-11-6-7-12-17(15)18(16)14-9-4-3-5-10-14;2*1-2/h2-12H,13H2,1H3;2*1-2H3/b8-2-;;. The Balaban J connectivity index is 0.000000561. The van der Waals surface area contributed by atoms with E-state index in [0.717, 1.165) is 6.42 Å². The molecule has 0 saturated carbocycles. The Labute approximate surface area is 136 Å². The van der Waals surface area contributed by atoms with Crippen molar-refractivity contribution in [2.75, 3.05) is 0 Å². The van der Waals surface area contributed by atoms with Gasteiger partial charge in [-0.3, -0.25) is 0 Å². The lowest BCUT2D eigenvalue weighted by Crippen LogP contribution is -1.86. The van der Waals surface area contributed by atoms with Gasteiger partial charge < -0.3 is 0 Å². The highest BCUT2D eigenvalue weighted by molar-refractivity contribution is 5.88. The molecule has 1 aliphatic carbocycles. The minimum Gasteiger partial charge on any atom is -0.0874 e. The third-order valence-corrected chi connectivity index (χ3v) is 3.42. The summed E-state index contributed by atoms with van der Waals surface area (Å²) in [6.45, 7) is 10.1. The van der Waals surface area contributed by atoms with Crippen molar-refractivity contribution in [3.05, 3.63) is 89.0 Å². The van der Waals surface area contributed by atoms with Gasteiger partial charge in [0.2, 0.25) is 0 Å². The molecule has 0 N–H and O–H groups in total. The van der Waals surface area contributed by atoms with E-state index in [9.17, 15) is 0 Å². The summed E-state index contributed by atoms with van der Waals surface area (Å²) in [5, 5.41) is 0. The fraction of sp³-hybridized carbons (Fsp3) is 0.273. The number of fused-ring (bicyclic) bond motifs is 1. The smallest absolute Gasteiger partial charge is 0.00133 e. The van der Waals surface area contributed by atoms with Crippen LogP contribution in [0.4, 0.5) is 0 Å². The number of hydrogen-bond donors (Lipinski definition) is 0. The molecular formula is C22H28. The molecule has 116 valence electrons. The van der Waals surface area contributed by atoms with Gasteiger partial charge in [0.1, 0.15) is 0 Å². The molecule has 0 unspecified atom stereocenters. The van der Waals surface area contributed by atoms with Gasteiger partial charge in [0.05, 0.1) is 0 Å². The van der Waals surface area contributed by atoms with Crippen LogP contribution in [0.1, 0.15) is 51.3 Å². The SMILES string of the molecule is C/C=C\C1=C(c2ccccc2)c2ccccc2C1.CC.CC. The van der Waals surface area contributed by atoms with Crippen molar-refractivity contribution in [1.29, 1.82) is 0 Å². The largest absolute Gasteiger partial charge is 0.0874 e. The zero-order valence-corrected chi connectivity index (χ0v) is 14.6. The van der Waals surface area contributed by atoms with E-state index in [4.69, 9.17) is 0 Å². The van der Waals surface area contributed by atoms with E-state index in [-0.39, 0.29) is 0 Å². The molecule has 0 heteroatoms. The van der Waals surface area contributed by atoms with E-state index >= 15 is 0 Å². The monoisotopic (exact) mass is 292 g/mol. The first-order chi connectivity index (χ1) is 10.9. The molecule has 0 amide bonds. The highest BCUT2D eigenvalue weighted by atomic mass is 14.2. The lowest BCUT2D eigenvalue weighted by atomic mass is 9.97. The molecule has 2 aromatic carbocycles. The van der Waals surface area contributed by atoms with Crippen LogP contribution in [0.15, 0.2) is 72.3 Å². The predicted octanol–water partition coefficient (Wildman–Crippen LogP) is 6.67. The van der Waals surface area contributed by atoms with Crippen LogP contribution in [0.2, 0.25) is 0 Å². The second-order valence-corrected chi connectivity index (χ2v) is 4.60. The molecule has 0 fully saturated rings. The van der Waals surface area contributed by atoms with E-state index < -0.39 is 0 Å². The Kier molecular flexibility index (Phi) is 7.99. The Morgan fingerprint density at radius 2 is 1.36 bits per heavy atom. The van der Waals surface area contributed by atoms with Crippen LogP contribution in [0.5, 0.6) is 0 Å². The first-order valence-corrected chi connectivity index (χ1v) is 8.39. The lowest BCUT2D eigenvalue weighted by Gasteiger charge is -2.06. The Bertz CT molecular complexity index is 615. The zero-order chi connectivity index (χ0) is 16.4. The summed E-state index contributed by atoms with van der Waals surface area (Å²) in [7, 11) is 0. The normalized spacial score (nSPS) is 12.2. The van der Waals surface area contributed by atoms with Gasteiger partial charge in [0, 0.05) is 0 Å². The van der Waals surface area contributed by atoms with Gasteiger partial charge in [-0.25, -0.2) is 0 Å². The summed E-state index contributed by atoms with van der Waals surface area (Å²) in [6, 6.07) is 19.4. The van der Waals surface area contributed by atoms with Crippen molar-refractivity contribution in [1.82, 2.24) is 0 Å². The van der Waals surface area contributed by atoms with Gasteiger partial charge in [-0.2, -0.15) is 0 Å². The number of rotatable bonds is 2. The summed E-state index contributed by atoms with van der Waals surface area (Å²) >= 11 is 0. The molecule has 0 aliphatic heterocycles. The maximum absolute atomic E-state index is 2.24. The molecule has 2 aromatic rings. The van der Waals surface area contributed by atoms with Crippen molar-refractivity contribution < 1.29 is 0 Å². The van der Waals surface area contributed by atoms with Gasteiger partial charge in [-0.05, 0) is 41.2 Å². The van der Waals surface area contributed by atoms with Crippen molar-refractivity contribution in [2.24, 2.45) is 0 Å². The summed E-state index contributed by atoms with van der Waals surface area (Å²) in [5.41, 5.74) is 6.95. The molecule has 0 bridgehead atoms. The molecule has 0 spiro atoms. The number of hydrogen-bond acceptors (Lipinski definition) is 0. The van der Waals surface area contributed by atoms with Crippen molar-refractivity contribution in [3.63, 3.8) is 0 Å². The van der Waals surface area contributed by atoms with Crippen molar-refractivity contribution >= 4 is 5.57 Å². The molecule has 22 heavy (non-hydrogen) atoms. The molecule has 3 rings (SSSR count). The average molecular weight is 292 g/mol.